The summed E-state index contributed by atoms with van der Waals surface area (Å²) in [7, 11) is 2.64. The summed E-state index contributed by atoms with van der Waals surface area (Å²) in [5.41, 5.74) is 2.13. The van der Waals surface area contributed by atoms with Crippen LogP contribution < -0.4 is 14.8 Å². The Morgan fingerprint density at radius 2 is 2.00 bits per heavy atom. The molecule has 180 valence electrons. The van der Waals surface area contributed by atoms with Crippen molar-refractivity contribution in [2.45, 2.75) is 25.4 Å². The zero-order valence-electron chi connectivity index (χ0n) is 19.1. The number of nitrogens with one attached hydrogen (secondary N) is 1. The molecule has 1 aliphatic rings. The predicted octanol–water partition coefficient (Wildman–Crippen LogP) is 3.63. The lowest BCUT2D eigenvalue weighted by atomic mass is 9.91. The average Bonchev–Trinajstić information content (AvgIpc) is 3.25. The number of carbonyl (C=O) groups is 1. The van der Waals surface area contributed by atoms with Crippen LogP contribution in [0.15, 0.2) is 43.1 Å². The van der Waals surface area contributed by atoms with Crippen LogP contribution in [0.2, 0.25) is 0 Å². The second-order valence-electron chi connectivity index (χ2n) is 8.19. The van der Waals surface area contributed by atoms with E-state index in [1.54, 1.807) is 16.8 Å². The maximum atomic E-state index is 14.8. The van der Waals surface area contributed by atoms with Crippen LogP contribution in [-0.2, 0) is 22.5 Å². The highest BCUT2D eigenvalue weighted by Gasteiger charge is 2.27. The van der Waals surface area contributed by atoms with Crippen LogP contribution in [0, 0.1) is 17.6 Å². The molecule has 1 aliphatic heterocycles. The lowest BCUT2D eigenvalue weighted by Gasteiger charge is -2.31. The van der Waals surface area contributed by atoms with Crippen molar-refractivity contribution in [2.24, 2.45) is 5.92 Å². The first-order valence-corrected chi connectivity index (χ1v) is 11.0. The van der Waals surface area contributed by atoms with E-state index in [-0.39, 0.29) is 41.5 Å². The molecule has 2 aromatic heterocycles. The van der Waals surface area contributed by atoms with Gasteiger partial charge in [0.25, 0.3) is 0 Å². The van der Waals surface area contributed by atoms with Crippen molar-refractivity contribution in [1.29, 1.82) is 0 Å². The van der Waals surface area contributed by atoms with E-state index < -0.39 is 11.6 Å². The summed E-state index contributed by atoms with van der Waals surface area (Å²) in [5, 5.41) is 2.98. The lowest BCUT2D eigenvalue weighted by Crippen LogP contribution is -2.45. The van der Waals surface area contributed by atoms with E-state index in [0.29, 0.717) is 25.2 Å². The maximum Gasteiger partial charge on any atom is 0.243 e. The van der Waals surface area contributed by atoms with Crippen molar-refractivity contribution in [1.82, 2.24) is 14.9 Å². The molecule has 1 aromatic carbocycles. The van der Waals surface area contributed by atoms with Crippen LogP contribution in [-0.4, -0.2) is 48.9 Å². The van der Waals surface area contributed by atoms with Crippen molar-refractivity contribution in [2.75, 3.05) is 27.4 Å². The molecule has 1 saturated heterocycles. The van der Waals surface area contributed by atoms with Gasteiger partial charge in [-0.2, -0.15) is 0 Å². The number of nitrogens with zero attached hydrogens (tertiary/aromatic N) is 2. The molecule has 1 amide bonds. The van der Waals surface area contributed by atoms with E-state index in [4.69, 9.17) is 19.2 Å². The predicted molar refractivity (Wildman–Crippen MR) is 123 cm³/mol. The van der Waals surface area contributed by atoms with E-state index in [1.165, 1.54) is 26.4 Å². The van der Waals surface area contributed by atoms with Gasteiger partial charge in [-0.3, -0.25) is 9.78 Å². The molecule has 1 N–H and O–H groups in total. The minimum Gasteiger partial charge on any atom is -0.494 e. The quantitative estimate of drug-likeness (QED) is 0.508. The van der Waals surface area contributed by atoms with Gasteiger partial charge in [0.15, 0.2) is 23.1 Å². The molecule has 3 heterocycles. The van der Waals surface area contributed by atoms with E-state index >= 15 is 0 Å². The SMILES string of the molecule is C=CC(=O)NC1CCOCC1Cc1ccc2c(ccn2Cc2c(F)c(OC)cc(OC)c2F)n1. The summed E-state index contributed by atoms with van der Waals surface area (Å²) in [6, 6.07) is 6.75. The molecule has 0 bridgehead atoms. The number of halogens is 2. The second kappa shape index (κ2) is 10.2. The highest BCUT2D eigenvalue weighted by atomic mass is 19.1. The number of rotatable bonds is 8. The van der Waals surface area contributed by atoms with Gasteiger partial charge in [-0.25, -0.2) is 8.78 Å². The first kappa shape index (κ1) is 23.7. The normalized spacial score (nSPS) is 18.0. The Morgan fingerprint density at radius 3 is 2.68 bits per heavy atom. The van der Waals surface area contributed by atoms with Gasteiger partial charge in [-0.15, -0.1) is 0 Å². The summed E-state index contributed by atoms with van der Waals surface area (Å²) >= 11 is 0. The molecule has 4 rings (SSSR count). The van der Waals surface area contributed by atoms with Crippen LogP contribution in [0.1, 0.15) is 17.7 Å². The Labute approximate surface area is 196 Å². The van der Waals surface area contributed by atoms with Crippen molar-refractivity contribution in [3.63, 3.8) is 0 Å². The number of aromatic nitrogens is 2. The largest absolute Gasteiger partial charge is 0.494 e. The standard InChI is InChI=1S/C25H27F2N3O4/c1-4-23(31)29-18-8-10-34-14-15(18)11-16-5-6-20-19(28-16)7-9-30(20)13-17-24(26)21(32-2)12-22(33-3)25(17)27/h4-7,9,12,15,18H,1,8,10-11,13-14H2,2-3H3,(H,29,31). The number of pyridine rings is 1. The molecule has 9 heteroatoms. The van der Waals surface area contributed by atoms with Gasteiger partial charge in [0.05, 0.1) is 44.0 Å². The monoisotopic (exact) mass is 471 g/mol. The van der Waals surface area contributed by atoms with Gasteiger partial charge < -0.3 is 24.1 Å². The van der Waals surface area contributed by atoms with Gasteiger partial charge in [0.2, 0.25) is 5.91 Å². The molecule has 34 heavy (non-hydrogen) atoms. The number of hydrogen-bond donors (Lipinski definition) is 1. The van der Waals surface area contributed by atoms with Crippen LogP contribution in [0.3, 0.4) is 0 Å². The smallest absolute Gasteiger partial charge is 0.243 e. The summed E-state index contributed by atoms with van der Waals surface area (Å²) in [6.45, 7) is 4.58. The van der Waals surface area contributed by atoms with Crippen molar-refractivity contribution in [3.05, 3.63) is 66.0 Å². The zero-order chi connectivity index (χ0) is 24.2. The molecule has 0 spiro atoms. The number of carbonyl (C=O) groups excluding carboxylic acids is 1. The fourth-order valence-electron chi connectivity index (χ4n) is 4.31. The Morgan fingerprint density at radius 1 is 1.26 bits per heavy atom. The molecule has 0 saturated carbocycles. The molecule has 1 fully saturated rings. The van der Waals surface area contributed by atoms with Crippen LogP contribution in [0.5, 0.6) is 11.5 Å². The Hall–Kier alpha value is -3.46. The molecular formula is C25H27F2N3O4. The average molecular weight is 472 g/mol. The Bertz CT molecular complexity index is 1180. The third-order valence-corrected chi connectivity index (χ3v) is 6.13. The third-order valence-electron chi connectivity index (χ3n) is 6.13. The van der Waals surface area contributed by atoms with E-state index in [1.807, 2.05) is 12.1 Å². The number of methoxy groups -OCH3 is 2. The van der Waals surface area contributed by atoms with Crippen molar-refractivity contribution >= 4 is 16.9 Å². The van der Waals surface area contributed by atoms with Gasteiger partial charge in [0.1, 0.15) is 0 Å². The summed E-state index contributed by atoms with van der Waals surface area (Å²) in [4.78, 5) is 16.5. The van der Waals surface area contributed by atoms with Gasteiger partial charge in [-0.1, -0.05) is 6.58 Å². The topological polar surface area (TPSA) is 74.6 Å². The first-order valence-electron chi connectivity index (χ1n) is 11.0. The summed E-state index contributed by atoms with van der Waals surface area (Å²) in [6.07, 6.45) is 4.36. The molecule has 7 nitrogen and oxygen atoms in total. The third kappa shape index (κ3) is 4.75. The van der Waals surface area contributed by atoms with E-state index in [2.05, 4.69) is 11.9 Å². The van der Waals surface area contributed by atoms with Crippen molar-refractivity contribution < 1.29 is 27.8 Å². The van der Waals surface area contributed by atoms with E-state index in [9.17, 15) is 13.6 Å². The Kier molecular flexibility index (Phi) is 7.12. The number of amides is 1. The maximum absolute atomic E-state index is 14.8. The van der Waals surface area contributed by atoms with Gasteiger partial charge in [-0.05, 0) is 37.1 Å². The highest BCUT2D eigenvalue weighted by Crippen LogP contribution is 2.32. The fourth-order valence-corrected chi connectivity index (χ4v) is 4.31. The summed E-state index contributed by atoms with van der Waals surface area (Å²) in [5.74, 6) is -1.83. The lowest BCUT2D eigenvalue weighted by molar-refractivity contribution is -0.118. The molecule has 0 aliphatic carbocycles. The number of hydrogen-bond acceptors (Lipinski definition) is 5. The van der Waals surface area contributed by atoms with E-state index in [0.717, 1.165) is 17.6 Å². The molecule has 2 unspecified atom stereocenters. The number of ether oxygens (including phenoxy) is 3. The van der Waals surface area contributed by atoms with Gasteiger partial charge in [0, 0.05) is 36.5 Å². The van der Waals surface area contributed by atoms with Gasteiger partial charge >= 0.3 is 0 Å². The first-order chi connectivity index (χ1) is 16.4. The minimum atomic E-state index is -0.767. The minimum absolute atomic E-state index is 0.0182. The number of benzene rings is 1. The van der Waals surface area contributed by atoms with Crippen LogP contribution in [0.25, 0.3) is 11.0 Å². The molecule has 0 radical (unpaired) electrons. The fraction of sp³-hybridized carbons (Fsp3) is 0.360. The molecule has 2 atom stereocenters. The summed E-state index contributed by atoms with van der Waals surface area (Å²) < 4.78 is 47.1. The Balaban J connectivity index is 1.57. The van der Waals surface area contributed by atoms with Crippen molar-refractivity contribution in [3.8, 4) is 11.5 Å². The molecular weight excluding hydrogens is 444 g/mol. The highest BCUT2D eigenvalue weighted by molar-refractivity contribution is 5.87. The van der Waals surface area contributed by atoms with Crippen LogP contribution >= 0.6 is 0 Å². The van der Waals surface area contributed by atoms with Crippen LogP contribution in [0.4, 0.5) is 8.78 Å². The molecule has 3 aromatic rings. The number of fused-ring (bicyclic) bond motifs is 1. The zero-order valence-corrected chi connectivity index (χ0v) is 19.1. The second-order valence-corrected chi connectivity index (χ2v) is 8.19.